The van der Waals surface area contributed by atoms with Crippen LogP contribution in [0.4, 0.5) is 0 Å². The summed E-state index contributed by atoms with van der Waals surface area (Å²) in [6.45, 7) is 7.38. The van der Waals surface area contributed by atoms with Crippen molar-refractivity contribution in [2.45, 2.75) is 11.6 Å². The second-order valence-corrected chi connectivity index (χ2v) is 4.74. The van der Waals surface area contributed by atoms with Gasteiger partial charge in [-0.05, 0) is 11.8 Å². The molecule has 0 amide bonds. The van der Waals surface area contributed by atoms with Crippen molar-refractivity contribution >= 4 is 11.8 Å². The van der Waals surface area contributed by atoms with Crippen LogP contribution in [0.15, 0.2) is 57.1 Å². The van der Waals surface area contributed by atoms with Crippen LogP contribution in [0.5, 0.6) is 0 Å². The number of nitrogens with zero attached hydrogens (tertiary/aromatic N) is 3. The van der Waals surface area contributed by atoms with E-state index < -0.39 is 5.69 Å². The molecule has 0 atom stereocenters. The molecule has 0 fully saturated rings. The van der Waals surface area contributed by atoms with E-state index in [9.17, 15) is 9.59 Å². The fraction of sp³-hybridized carbons (Fsp3) is 0.214. The molecular formula is C14H15N3O2S. The summed E-state index contributed by atoms with van der Waals surface area (Å²) in [5.74, 6) is 0. The van der Waals surface area contributed by atoms with Crippen LogP contribution >= 0.6 is 11.8 Å². The van der Waals surface area contributed by atoms with E-state index in [0.717, 1.165) is 4.57 Å². The van der Waals surface area contributed by atoms with Gasteiger partial charge in [0.15, 0.2) is 0 Å². The van der Waals surface area contributed by atoms with Crippen molar-refractivity contribution in [1.82, 2.24) is 9.13 Å². The SMILES string of the molecule is C=C/C(C#N)=C(\C=C)Cn1c(SC)cc(=O)n(C)c1=O. The Bertz CT molecular complexity index is 732. The molecule has 5 nitrogen and oxygen atoms in total. The number of rotatable bonds is 5. The van der Waals surface area contributed by atoms with Crippen molar-refractivity contribution in [2.75, 3.05) is 6.26 Å². The van der Waals surface area contributed by atoms with E-state index in [4.69, 9.17) is 5.26 Å². The second-order valence-electron chi connectivity index (χ2n) is 3.91. The van der Waals surface area contributed by atoms with Crippen molar-refractivity contribution in [3.63, 3.8) is 0 Å². The molecule has 0 saturated heterocycles. The van der Waals surface area contributed by atoms with Crippen LogP contribution in [0, 0.1) is 11.3 Å². The monoisotopic (exact) mass is 289 g/mol. The zero-order chi connectivity index (χ0) is 15.3. The fourth-order valence-corrected chi connectivity index (χ4v) is 2.22. The number of hydrogen-bond donors (Lipinski definition) is 0. The molecule has 0 radical (unpaired) electrons. The Morgan fingerprint density at radius 2 is 2.10 bits per heavy atom. The Labute approximate surface area is 121 Å². The third-order valence-corrected chi connectivity index (χ3v) is 3.57. The molecule has 0 spiro atoms. The molecule has 0 N–H and O–H groups in total. The summed E-state index contributed by atoms with van der Waals surface area (Å²) in [4.78, 5) is 23.8. The van der Waals surface area contributed by atoms with Crippen molar-refractivity contribution in [1.29, 1.82) is 5.26 Å². The predicted octanol–water partition coefficient (Wildman–Crippen LogP) is 1.46. The van der Waals surface area contributed by atoms with E-state index in [1.807, 2.05) is 6.07 Å². The lowest BCUT2D eigenvalue weighted by Crippen LogP contribution is -2.38. The molecular weight excluding hydrogens is 274 g/mol. The highest BCUT2D eigenvalue weighted by molar-refractivity contribution is 7.98. The molecule has 0 bridgehead atoms. The van der Waals surface area contributed by atoms with Gasteiger partial charge >= 0.3 is 5.69 Å². The van der Waals surface area contributed by atoms with Gasteiger partial charge in [-0.3, -0.25) is 13.9 Å². The van der Waals surface area contributed by atoms with Crippen LogP contribution in [0.25, 0.3) is 0 Å². The zero-order valence-electron chi connectivity index (χ0n) is 11.4. The first-order valence-electron chi connectivity index (χ1n) is 5.73. The number of aromatic nitrogens is 2. The molecule has 0 saturated carbocycles. The first kappa shape index (κ1) is 15.8. The lowest BCUT2D eigenvalue weighted by molar-refractivity contribution is 0.594. The first-order chi connectivity index (χ1) is 9.49. The Morgan fingerprint density at radius 1 is 1.45 bits per heavy atom. The third kappa shape index (κ3) is 3.00. The molecule has 0 aromatic carbocycles. The summed E-state index contributed by atoms with van der Waals surface area (Å²) in [6, 6.07) is 3.40. The van der Waals surface area contributed by atoms with E-state index >= 15 is 0 Å². The molecule has 1 aromatic rings. The molecule has 0 unspecified atom stereocenters. The van der Waals surface area contributed by atoms with Crippen LogP contribution in [-0.4, -0.2) is 15.4 Å². The van der Waals surface area contributed by atoms with Gasteiger partial charge in [0.2, 0.25) is 0 Å². The lowest BCUT2D eigenvalue weighted by Gasteiger charge is -2.13. The maximum absolute atomic E-state index is 12.2. The van der Waals surface area contributed by atoms with Gasteiger partial charge in [0.05, 0.1) is 23.2 Å². The zero-order valence-corrected chi connectivity index (χ0v) is 12.2. The largest absolute Gasteiger partial charge is 0.331 e. The quantitative estimate of drug-likeness (QED) is 0.356. The third-order valence-electron chi connectivity index (χ3n) is 2.82. The van der Waals surface area contributed by atoms with Crippen LogP contribution in [-0.2, 0) is 13.6 Å². The molecule has 0 aliphatic carbocycles. The normalized spacial score (nSPS) is 11.4. The Kier molecular flexibility index (Phi) is 5.35. The van der Waals surface area contributed by atoms with Crippen LogP contribution in [0.2, 0.25) is 0 Å². The number of nitriles is 1. The van der Waals surface area contributed by atoms with Gasteiger partial charge < -0.3 is 0 Å². The first-order valence-corrected chi connectivity index (χ1v) is 6.95. The summed E-state index contributed by atoms with van der Waals surface area (Å²) in [7, 11) is 1.42. The molecule has 6 heteroatoms. The maximum Gasteiger partial charge on any atom is 0.331 e. The fourth-order valence-electron chi connectivity index (χ4n) is 1.64. The highest BCUT2D eigenvalue weighted by atomic mass is 32.2. The topological polar surface area (TPSA) is 67.8 Å². The van der Waals surface area contributed by atoms with E-state index in [0.29, 0.717) is 16.2 Å². The Morgan fingerprint density at radius 3 is 2.55 bits per heavy atom. The number of thioether (sulfide) groups is 1. The van der Waals surface area contributed by atoms with E-state index in [2.05, 4.69) is 13.2 Å². The molecule has 104 valence electrons. The smallest absolute Gasteiger partial charge is 0.283 e. The maximum atomic E-state index is 12.2. The lowest BCUT2D eigenvalue weighted by atomic mass is 10.1. The average Bonchev–Trinajstić information content (AvgIpc) is 2.46. The van der Waals surface area contributed by atoms with Gasteiger partial charge in [0.1, 0.15) is 0 Å². The molecule has 1 aromatic heterocycles. The molecule has 20 heavy (non-hydrogen) atoms. The van der Waals surface area contributed by atoms with Gasteiger partial charge in [-0.25, -0.2) is 4.79 Å². The minimum Gasteiger partial charge on any atom is -0.283 e. The summed E-state index contributed by atoms with van der Waals surface area (Å²) < 4.78 is 2.46. The number of allylic oxidation sites excluding steroid dienone is 4. The molecule has 0 aliphatic rings. The van der Waals surface area contributed by atoms with Gasteiger partial charge in [-0.1, -0.05) is 25.3 Å². The van der Waals surface area contributed by atoms with Crippen molar-refractivity contribution in [3.8, 4) is 6.07 Å². The van der Waals surface area contributed by atoms with Crippen LogP contribution in [0.1, 0.15) is 0 Å². The van der Waals surface area contributed by atoms with Crippen molar-refractivity contribution < 1.29 is 0 Å². The summed E-state index contributed by atoms with van der Waals surface area (Å²) in [6.07, 6.45) is 4.71. The van der Waals surface area contributed by atoms with Gasteiger partial charge in [0.25, 0.3) is 5.56 Å². The predicted molar refractivity (Wildman–Crippen MR) is 80.8 cm³/mol. The minimum absolute atomic E-state index is 0.168. The van der Waals surface area contributed by atoms with E-state index in [1.54, 1.807) is 6.26 Å². The van der Waals surface area contributed by atoms with Gasteiger partial charge in [0, 0.05) is 13.1 Å². The minimum atomic E-state index is -0.428. The Hall–Kier alpha value is -2.26. The molecule has 0 aliphatic heterocycles. The van der Waals surface area contributed by atoms with Crippen molar-refractivity contribution in [3.05, 3.63) is 63.4 Å². The highest BCUT2D eigenvalue weighted by Gasteiger charge is 2.11. The molecule has 1 heterocycles. The average molecular weight is 289 g/mol. The number of hydrogen-bond acceptors (Lipinski definition) is 4. The standard InChI is InChI=1S/C14H15N3O2S/c1-5-10(8-15)11(6-2)9-17-13(20-4)7-12(18)16(3)14(17)19/h5-7H,1-2,9H2,3-4H3/b11-10-. The summed E-state index contributed by atoms with van der Waals surface area (Å²) in [5.41, 5.74) is 0.151. The molecule has 1 rings (SSSR count). The summed E-state index contributed by atoms with van der Waals surface area (Å²) in [5, 5.41) is 9.57. The highest BCUT2D eigenvalue weighted by Crippen LogP contribution is 2.14. The van der Waals surface area contributed by atoms with E-state index in [1.165, 1.54) is 41.6 Å². The van der Waals surface area contributed by atoms with E-state index in [-0.39, 0.29) is 12.1 Å². The van der Waals surface area contributed by atoms with Gasteiger partial charge in [-0.15, -0.1) is 11.8 Å². The van der Waals surface area contributed by atoms with Gasteiger partial charge in [-0.2, -0.15) is 5.26 Å². The summed E-state index contributed by atoms with van der Waals surface area (Å²) >= 11 is 1.30. The van der Waals surface area contributed by atoms with Crippen LogP contribution < -0.4 is 11.2 Å². The van der Waals surface area contributed by atoms with Crippen molar-refractivity contribution in [2.24, 2.45) is 7.05 Å². The van der Waals surface area contributed by atoms with Crippen LogP contribution in [0.3, 0.4) is 0 Å². The second kappa shape index (κ2) is 6.78. The Balaban J connectivity index is 3.54.